The van der Waals surface area contributed by atoms with Crippen LogP contribution in [0.1, 0.15) is 5.56 Å². The van der Waals surface area contributed by atoms with Gasteiger partial charge in [-0.15, -0.1) is 0 Å². The van der Waals surface area contributed by atoms with Crippen LogP contribution in [0.2, 0.25) is 0 Å². The van der Waals surface area contributed by atoms with Gasteiger partial charge in [0.15, 0.2) is 0 Å². The number of halogens is 1. The number of benzene rings is 2. The molecule has 23 heavy (non-hydrogen) atoms. The highest BCUT2D eigenvalue weighted by atomic mass is 19.1. The Morgan fingerprint density at radius 2 is 1.96 bits per heavy atom. The summed E-state index contributed by atoms with van der Waals surface area (Å²) in [7, 11) is 1.71. The van der Waals surface area contributed by atoms with Crippen LogP contribution in [0.15, 0.2) is 48.5 Å². The van der Waals surface area contributed by atoms with E-state index in [4.69, 9.17) is 0 Å². The Morgan fingerprint density at radius 3 is 2.78 bits per heavy atom. The molecule has 0 fully saturated rings. The molecule has 2 aromatic carbocycles. The van der Waals surface area contributed by atoms with Gasteiger partial charge < -0.3 is 15.1 Å². The summed E-state index contributed by atoms with van der Waals surface area (Å²) in [5.74, 6) is -0.301. The lowest BCUT2D eigenvalue weighted by Gasteiger charge is -2.32. The van der Waals surface area contributed by atoms with Crippen LogP contribution in [0.4, 0.5) is 15.8 Å². The van der Waals surface area contributed by atoms with Crippen molar-refractivity contribution in [2.45, 2.75) is 6.54 Å². The maximum Gasteiger partial charge on any atom is 0.242 e. The van der Waals surface area contributed by atoms with E-state index >= 15 is 0 Å². The molecule has 0 aliphatic carbocycles. The molecule has 2 aromatic rings. The van der Waals surface area contributed by atoms with E-state index in [-0.39, 0.29) is 18.3 Å². The second kappa shape index (κ2) is 6.69. The quantitative estimate of drug-likeness (QED) is 0.943. The standard InChI is InChI=1S/C18H20FN3O/c1-21(12-14-6-2-3-7-15(14)19)18(23)13-22-11-10-20-16-8-4-5-9-17(16)22/h2-9,20H,10-13H2,1H3. The zero-order chi connectivity index (χ0) is 16.2. The molecule has 0 bridgehead atoms. The van der Waals surface area contributed by atoms with Gasteiger partial charge in [-0.25, -0.2) is 4.39 Å². The first-order chi connectivity index (χ1) is 11.1. The van der Waals surface area contributed by atoms with Crippen LogP contribution in [-0.4, -0.2) is 37.5 Å². The number of carbonyl (C=O) groups excluding carboxylic acids is 1. The van der Waals surface area contributed by atoms with Gasteiger partial charge in [0.1, 0.15) is 5.82 Å². The topological polar surface area (TPSA) is 35.6 Å². The maximum atomic E-state index is 13.7. The van der Waals surface area contributed by atoms with Crippen LogP contribution in [-0.2, 0) is 11.3 Å². The van der Waals surface area contributed by atoms with Crippen LogP contribution in [0, 0.1) is 5.82 Å². The van der Waals surface area contributed by atoms with Gasteiger partial charge in [-0.05, 0) is 18.2 Å². The molecule has 3 rings (SSSR count). The van der Waals surface area contributed by atoms with E-state index in [1.807, 2.05) is 24.3 Å². The van der Waals surface area contributed by atoms with Gasteiger partial charge in [0, 0.05) is 32.2 Å². The van der Waals surface area contributed by atoms with E-state index < -0.39 is 0 Å². The second-order valence-corrected chi connectivity index (χ2v) is 5.71. The van der Waals surface area contributed by atoms with Crippen molar-refractivity contribution < 1.29 is 9.18 Å². The van der Waals surface area contributed by atoms with Crippen LogP contribution >= 0.6 is 0 Å². The van der Waals surface area contributed by atoms with Crippen LogP contribution in [0.5, 0.6) is 0 Å². The third kappa shape index (κ3) is 3.44. The molecule has 0 spiro atoms. The molecule has 4 nitrogen and oxygen atoms in total. The number of nitrogens with zero attached hydrogens (tertiary/aromatic N) is 2. The number of para-hydroxylation sites is 2. The maximum absolute atomic E-state index is 13.7. The summed E-state index contributed by atoms with van der Waals surface area (Å²) in [4.78, 5) is 16.1. The van der Waals surface area contributed by atoms with Gasteiger partial charge in [-0.1, -0.05) is 30.3 Å². The molecule has 120 valence electrons. The summed E-state index contributed by atoms with van der Waals surface area (Å²) in [6.45, 7) is 2.15. The lowest BCUT2D eigenvalue weighted by Crippen LogP contribution is -2.42. The fourth-order valence-electron chi connectivity index (χ4n) is 2.76. The summed E-state index contributed by atoms with van der Waals surface area (Å²) in [5, 5.41) is 3.33. The molecule has 1 amide bonds. The van der Waals surface area contributed by atoms with E-state index in [1.165, 1.54) is 6.07 Å². The van der Waals surface area contributed by atoms with Crippen molar-refractivity contribution >= 4 is 17.3 Å². The fraction of sp³-hybridized carbons (Fsp3) is 0.278. The van der Waals surface area contributed by atoms with Gasteiger partial charge >= 0.3 is 0 Å². The van der Waals surface area contributed by atoms with E-state index in [0.29, 0.717) is 12.1 Å². The normalized spacial score (nSPS) is 13.2. The Hall–Kier alpha value is -2.56. The Labute approximate surface area is 135 Å². The van der Waals surface area contributed by atoms with Crippen molar-refractivity contribution in [1.82, 2.24) is 4.90 Å². The van der Waals surface area contributed by atoms with E-state index in [9.17, 15) is 9.18 Å². The van der Waals surface area contributed by atoms with Crippen molar-refractivity contribution in [3.63, 3.8) is 0 Å². The van der Waals surface area contributed by atoms with E-state index in [0.717, 1.165) is 24.5 Å². The lowest BCUT2D eigenvalue weighted by atomic mass is 10.2. The van der Waals surface area contributed by atoms with Crippen molar-refractivity contribution in [3.8, 4) is 0 Å². The summed E-state index contributed by atoms with van der Waals surface area (Å²) in [6.07, 6.45) is 0. The predicted octanol–water partition coefficient (Wildman–Crippen LogP) is 2.72. The summed E-state index contributed by atoms with van der Waals surface area (Å²) < 4.78 is 13.7. The number of carbonyl (C=O) groups is 1. The first-order valence-electron chi connectivity index (χ1n) is 7.70. The van der Waals surface area contributed by atoms with Crippen LogP contribution in [0.25, 0.3) is 0 Å². The fourth-order valence-corrected chi connectivity index (χ4v) is 2.76. The molecule has 0 saturated carbocycles. The van der Waals surface area contributed by atoms with Crippen LogP contribution in [0.3, 0.4) is 0 Å². The molecule has 0 saturated heterocycles. The smallest absolute Gasteiger partial charge is 0.242 e. The number of rotatable bonds is 4. The number of fused-ring (bicyclic) bond motifs is 1. The number of likely N-dealkylation sites (N-methyl/N-ethyl adjacent to an activating group) is 1. The molecule has 5 heteroatoms. The molecular weight excluding hydrogens is 293 g/mol. The van der Waals surface area contributed by atoms with E-state index in [2.05, 4.69) is 10.2 Å². The number of anilines is 2. The lowest BCUT2D eigenvalue weighted by molar-refractivity contribution is -0.129. The van der Waals surface area contributed by atoms with Gasteiger partial charge in [0.25, 0.3) is 0 Å². The number of hydrogen-bond acceptors (Lipinski definition) is 3. The number of amides is 1. The highest BCUT2D eigenvalue weighted by Gasteiger charge is 2.20. The highest BCUT2D eigenvalue weighted by molar-refractivity contribution is 5.84. The zero-order valence-electron chi connectivity index (χ0n) is 13.1. The molecule has 0 radical (unpaired) electrons. The van der Waals surface area contributed by atoms with Gasteiger partial charge in [-0.3, -0.25) is 4.79 Å². The first-order valence-corrected chi connectivity index (χ1v) is 7.70. The van der Waals surface area contributed by atoms with Crippen molar-refractivity contribution in [2.24, 2.45) is 0 Å². The summed E-state index contributed by atoms with van der Waals surface area (Å²) in [5.41, 5.74) is 2.61. The van der Waals surface area contributed by atoms with Gasteiger partial charge in [0.05, 0.1) is 17.9 Å². The largest absolute Gasteiger partial charge is 0.382 e. The predicted molar refractivity (Wildman–Crippen MR) is 90.0 cm³/mol. The van der Waals surface area contributed by atoms with Crippen molar-refractivity contribution in [3.05, 3.63) is 59.9 Å². The monoisotopic (exact) mass is 313 g/mol. The SMILES string of the molecule is CN(Cc1ccccc1F)C(=O)CN1CCNc2ccccc21. The number of nitrogens with one attached hydrogen (secondary N) is 1. The first kappa shape index (κ1) is 15.3. The molecule has 1 aliphatic rings. The Bertz CT molecular complexity index is 704. The molecule has 0 unspecified atom stereocenters. The van der Waals surface area contributed by atoms with E-state index in [1.54, 1.807) is 30.1 Å². The number of hydrogen-bond donors (Lipinski definition) is 1. The summed E-state index contributed by atoms with van der Waals surface area (Å²) >= 11 is 0. The molecule has 1 aliphatic heterocycles. The Morgan fingerprint density at radius 1 is 1.22 bits per heavy atom. The highest BCUT2D eigenvalue weighted by Crippen LogP contribution is 2.28. The van der Waals surface area contributed by atoms with Gasteiger partial charge in [0.2, 0.25) is 5.91 Å². The third-order valence-corrected chi connectivity index (χ3v) is 4.06. The molecular formula is C18H20FN3O. The molecule has 1 heterocycles. The Balaban J connectivity index is 1.67. The minimum Gasteiger partial charge on any atom is -0.382 e. The summed E-state index contributed by atoms with van der Waals surface area (Å²) in [6, 6.07) is 14.5. The minimum atomic E-state index is -0.278. The van der Waals surface area contributed by atoms with Crippen LogP contribution < -0.4 is 10.2 Å². The van der Waals surface area contributed by atoms with Crippen molar-refractivity contribution in [2.75, 3.05) is 36.9 Å². The Kier molecular flexibility index (Phi) is 4.46. The minimum absolute atomic E-state index is 0.0232. The van der Waals surface area contributed by atoms with Crippen molar-refractivity contribution in [1.29, 1.82) is 0 Å². The average molecular weight is 313 g/mol. The third-order valence-electron chi connectivity index (χ3n) is 4.06. The average Bonchev–Trinajstić information content (AvgIpc) is 2.57. The molecule has 0 atom stereocenters. The second-order valence-electron chi connectivity index (χ2n) is 5.71. The molecule has 0 aromatic heterocycles. The zero-order valence-corrected chi connectivity index (χ0v) is 13.1. The van der Waals surface area contributed by atoms with Gasteiger partial charge in [-0.2, -0.15) is 0 Å². The molecule has 1 N–H and O–H groups in total.